The van der Waals surface area contributed by atoms with Gasteiger partial charge in [-0.25, -0.2) is 14.8 Å². The van der Waals surface area contributed by atoms with E-state index in [0.29, 0.717) is 29.4 Å². The van der Waals surface area contributed by atoms with E-state index in [1.807, 2.05) is 49.1 Å². The van der Waals surface area contributed by atoms with Crippen LogP contribution in [0.3, 0.4) is 0 Å². The van der Waals surface area contributed by atoms with E-state index in [1.54, 1.807) is 30.3 Å². The minimum absolute atomic E-state index is 0.241. The molecule has 7 nitrogen and oxygen atoms in total. The van der Waals surface area contributed by atoms with Crippen molar-refractivity contribution >= 4 is 29.2 Å². The summed E-state index contributed by atoms with van der Waals surface area (Å²) < 4.78 is 4.72. The molecule has 0 radical (unpaired) electrons. The van der Waals surface area contributed by atoms with Gasteiger partial charge in [-0.05, 0) is 50.2 Å². The van der Waals surface area contributed by atoms with E-state index in [4.69, 9.17) is 4.74 Å². The molecule has 1 aromatic heterocycles. The normalized spacial score (nSPS) is 10.3. The number of nitrogens with zero attached hydrogens (tertiary/aromatic N) is 3. The number of aryl methyl sites for hydroxylation is 1. The molecule has 0 aliphatic carbocycles. The number of hydrogen-bond acceptors (Lipinski definition) is 6. The Hall–Kier alpha value is -3.74. The molecule has 7 heteroatoms. The molecule has 0 aliphatic heterocycles. The number of amides is 1. The minimum Gasteiger partial charge on any atom is -0.465 e. The first-order valence-corrected chi connectivity index (χ1v) is 9.19. The van der Waals surface area contributed by atoms with Crippen LogP contribution in [-0.4, -0.2) is 35.5 Å². The van der Waals surface area contributed by atoms with Crippen molar-refractivity contribution < 1.29 is 14.3 Å². The molecule has 0 bridgehead atoms. The number of carbonyl (C=O) groups is 2. The maximum atomic E-state index is 12.8. The van der Waals surface area contributed by atoms with E-state index in [0.717, 1.165) is 5.69 Å². The number of nitrogens with one attached hydrogen (secondary N) is 1. The average Bonchev–Trinajstić information content (AvgIpc) is 2.74. The van der Waals surface area contributed by atoms with Gasteiger partial charge in [-0.2, -0.15) is 0 Å². The van der Waals surface area contributed by atoms with Gasteiger partial charge in [-0.1, -0.05) is 24.3 Å². The molecule has 1 N–H and O–H groups in total. The van der Waals surface area contributed by atoms with Gasteiger partial charge in [0.15, 0.2) is 0 Å². The van der Waals surface area contributed by atoms with Gasteiger partial charge in [0.25, 0.3) is 5.91 Å². The summed E-state index contributed by atoms with van der Waals surface area (Å²) in [5.41, 5.74) is 2.69. The van der Waals surface area contributed by atoms with Crippen LogP contribution >= 0.6 is 0 Å². The molecule has 0 saturated heterocycles. The van der Waals surface area contributed by atoms with Crippen LogP contribution in [0.5, 0.6) is 0 Å². The smallest absolute Gasteiger partial charge is 0.337 e. The first-order chi connectivity index (χ1) is 14.0. The molecule has 0 spiro atoms. The van der Waals surface area contributed by atoms with Gasteiger partial charge in [-0.3, -0.25) is 4.79 Å². The lowest BCUT2D eigenvalue weighted by molar-refractivity contribution is 0.0600. The van der Waals surface area contributed by atoms with Crippen LogP contribution in [-0.2, 0) is 4.74 Å². The summed E-state index contributed by atoms with van der Waals surface area (Å²) in [4.78, 5) is 35.4. The molecular formula is C22H22N4O3. The molecule has 29 heavy (non-hydrogen) atoms. The predicted molar refractivity (Wildman–Crippen MR) is 112 cm³/mol. The first-order valence-electron chi connectivity index (χ1n) is 9.19. The van der Waals surface area contributed by atoms with E-state index >= 15 is 0 Å². The Morgan fingerprint density at radius 2 is 1.79 bits per heavy atom. The third-order valence-corrected chi connectivity index (χ3v) is 4.24. The predicted octanol–water partition coefficient (Wildman–Crippen LogP) is 3.98. The highest BCUT2D eigenvalue weighted by molar-refractivity contribution is 6.03. The zero-order valence-corrected chi connectivity index (χ0v) is 16.5. The molecule has 3 rings (SSSR count). The molecule has 0 aliphatic rings. The molecule has 1 amide bonds. The van der Waals surface area contributed by atoms with E-state index in [-0.39, 0.29) is 11.6 Å². The lowest BCUT2D eigenvalue weighted by atomic mass is 10.2. The Morgan fingerprint density at radius 3 is 2.48 bits per heavy atom. The quantitative estimate of drug-likeness (QED) is 0.641. The van der Waals surface area contributed by atoms with Crippen molar-refractivity contribution in [2.75, 3.05) is 23.9 Å². The van der Waals surface area contributed by atoms with E-state index in [2.05, 4.69) is 15.3 Å². The van der Waals surface area contributed by atoms with Crippen molar-refractivity contribution in [3.05, 3.63) is 77.6 Å². The van der Waals surface area contributed by atoms with Gasteiger partial charge >= 0.3 is 5.97 Å². The highest BCUT2D eigenvalue weighted by Crippen LogP contribution is 2.22. The summed E-state index contributed by atoms with van der Waals surface area (Å²) >= 11 is 0. The molecule has 148 valence electrons. The molecule has 0 saturated carbocycles. The number of anilines is 3. The second-order valence-electron chi connectivity index (χ2n) is 6.30. The molecule has 3 aromatic rings. The summed E-state index contributed by atoms with van der Waals surface area (Å²) in [5, 5.41) is 2.77. The molecule has 1 heterocycles. The molecule has 0 fully saturated rings. The van der Waals surface area contributed by atoms with Gasteiger partial charge in [0.05, 0.1) is 12.7 Å². The maximum Gasteiger partial charge on any atom is 0.337 e. The number of carbonyl (C=O) groups excluding carboxylic acids is 2. The number of methoxy groups -OCH3 is 1. The van der Waals surface area contributed by atoms with Gasteiger partial charge in [-0.15, -0.1) is 0 Å². The first kappa shape index (κ1) is 20.0. The summed E-state index contributed by atoms with van der Waals surface area (Å²) in [6.07, 6.45) is 0. The van der Waals surface area contributed by atoms with Crippen LogP contribution in [0.15, 0.2) is 60.7 Å². The Balaban J connectivity index is 1.88. The number of esters is 1. The number of para-hydroxylation sites is 1. The van der Waals surface area contributed by atoms with Gasteiger partial charge in [0.2, 0.25) is 5.95 Å². The minimum atomic E-state index is -0.470. The average molecular weight is 390 g/mol. The lowest BCUT2D eigenvalue weighted by Gasteiger charge is -2.21. The summed E-state index contributed by atoms with van der Waals surface area (Å²) in [6.45, 7) is 4.46. The van der Waals surface area contributed by atoms with Crippen molar-refractivity contribution in [3.63, 3.8) is 0 Å². The standard InChI is InChI=1S/C22H22N4O3/c1-4-26(18-11-6-5-7-12-18)22-23-15(2)13-19(25-22)20(27)24-17-10-8-9-16(14-17)21(28)29-3/h5-14H,4H2,1-3H3,(H,24,27). The van der Waals surface area contributed by atoms with Crippen LogP contribution in [0.25, 0.3) is 0 Å². The Bertz CT molecular complexity index is 1020. The van der Waals surface area contributed by atoms with Crippen LogP contribution in [0.2, 0.25) is 0 Å². The summed E-state index contributed by atoms with van der Waals surface area (Å²) in [6, 6.07) is 17.9. The van der Waals surface area contributed by atoms with Crippen molar-refractivity contribution in [2.24, 2.45) is 0 Å². The van der Waals surface area contributed by atoms with Crippen molar-refractivity contribution in [2.45, 2.75) is 13.8 Å². The zero-order chi connectivity index (χ0) is 20.8. The third kappa shape index (κ3) is 4.76. The van der Waals surface area contributed by atoms with Crippen LogP contribution in [0.4, 0.5) is 17.3 Å². The highest BCUT2D eigenvalue weighted by Gasteiger charge is 2.16. The van der Waals surface area contributed by atoms with Crippen LogP contribution in [0.1, 0.15) is 33.5 Å². The fourth-order valence-electron chi connectivity index (χ4n) is 2.87. The number of aromatic nitrogens is 2. The Labute approximate surface area is 169 Å². The van der Waals surface area contributed by atoms with Crippen LogP contribution < -0.4 is 10.2 Å². The second-order valence-corrected chi connectivity index (χ2v) is 6.30. The largest absolute Gasteiger partial charge is 0.465 e. The summed E-state index contributed by atoms with van der Waals surface area (Å²) in [5.74, 6) is -0.405. The van der Waals surface area contributed by atoms with E-state index < -0.39 is 5.97 Å². The highest BCUT2D eigenvalue weighted by atomic mass is 16.5. The second kappa shape index (κ2) is 8.97. The van der Waals surface area contributed by atoms with Crippen molar-refractivity contribution in [1.29, 1.82) is 0 Å². The van der Waals surface area contributed by atoms with Gasteiger partial charge < -0.3 is 15.0 Å². The Morgan fingerprint density at radius 1 is 1.03 bits per heavy atom. The number of rotatable bonds is 6. The van der Waals surface area contributed by atoms with Crippen LogP contribution in [0, 0.1) is 6.92 Å². The monoisotopic (exact) mass is 390 g/mol. The summed E-state index contributed by atoms with van der Waals surface area (Å²) in [7, 11) is 1.31. The zero-order valence-electron chi connectivity index (χ0n) is 16.5. The van der Waals surface area contributed by atoms with Gasteiger partial charge in [0, 0.05) is 23.6 Å². The molecule has 0 atom stereocenters. The number of hydrogen-bond donors (Lipinski definition) is 1. The molecule has 2 aromatic carbocycles. The van der Waals surface area contributed by atoms with Crippen molar-refractivity contribution in [3.8, 4) is 0 Å². The molecular weight excluding hydrogens is 368 g/mol. The fourth-order valence-corrected chi connectivity index (χ4v) is 2.87. The van der Waals surface area contributed by atoms with E-state index in [9.17, 15) is 9.59 Å². The van der Waals surface area contributed by atoms with Crippen molar-refractivity contribution in [1.82, 2.24) is 9.97 Å². The maximum absolute atomic E-state index is 12.8. The Kier molecular flexibility index (Phi) is 6.19. The van der Waals surface area contributed by atoms with E-state index in [1.165, 1.54) is 7.11 Å². The lowest BCUT2D eigenvalue weighted by Crippen LogP contribution is -2.22. The molecule has 0 unspecified atom stereocenters. The SMILES string of the molecule is CCN(c1ccccc1)c1nc(C)cc(C(=O)Nc2cccc(C(=O)OC)c2)n1. The fraction of sp³-hybridized carbons (Fsp3) is 0.182. The topological polar surface area (TPSA) is 84.4 Å². The number of ether oxygens (including phenoxy) is 1. The number of benzene rings is 2. The third-order valence-electron chi connectivity index (χ3n) is 4.24. The van der Waals surface area contributed by atoms with Gasteiger partial charge in [0.1, 0.15) is 5.69 Å².